The van der Waals surface area contributed by atoms with Gasteiger partial charge in [-0.1, -0.05) is 0 Å². The highest BCUT2D eigenvalue weighted by Gasteiger charge is 1.96. The second kappa shape index (κ2) is 4.81. The van der Waals surface area contributed by atoms with Crippen LogP contribution in [0.25, 0.3) is 0 Å². The summed E-state index contributed by atoms with van der Waals surface area (Å²) < 4.78 is 0. The molecule has 0 aliphatic heterocycles. The lowest BCUT2D eigenvalue weighted by atomic mass is 10.3. The van der Waals surface area contributed by atoms with Crippen LogP contribution in [-0.4, -0.2) is 17.3 Å². The van der Waals surface area contributed by atoms with Crippen LogP contribution in [-0.2, 0) is 9.59 Å². The van der Waals surface area contributed by atoms with Crippen LogP contribution >= 0.6 is 0 Å². The highest BCUT2D eigenvalue weighted by atomic mass is 16.3. The second-order valence-electron chi connectivity index (χ2n) is 2.53. The van der Waals surface area contributed by atoms with E-state index in [0.717, 1.165) is 12.2 Å². The summed E-state index contributed by atoms with van der Waals surface area (Å²) in [6.45, 7) is 0. The number of carbonyl (C=O) groups excluding carboxylic acids is 2. The van der Waals surface area contributed by atoms with Crippen LogP contribution < -0.4 is 5.32 Å². The number of aromatic hydroxyl groups is 1. The Labute approximate surface area is 80.9 Å². The minimum Gasteiger partial charge on any atom is -0.508 e. The van der Waals surface area contributed by atoms with Crippen molar-refractivity contribution < 1.29 is 14.7 Å². The molecule has 4 nitrogen and oxygen atoms in total. The van der Waals surface area contributed by atoms with E-state index in [1.807, 2.05) is 0 Å². The average molecular weight is 191 g/mol. The fourth-order valence-corrected chi connectivity index (χ4v) is 0.855. The third kappa shape index (κ3) is 3.10. The molecule has 1 rings (SSSR count). The number of amides is 1. The van der Waals surface area contributed by atoms with Gasteiger partial charge in [-0.3, -0.25) is 9.59 Å². The lowest BCUT2D eigenvalue weighted by Crippen LogP contribution is -2.07. The summed E-state index contributed by atoms with van der Waals surface area (Å²) in [4.78, 5) is 20.9. The fraction of sp³-hybridized carbons (Fsp3) is 0. The molecule has 0 atom stereocenters. The molecular formula is C10H9NO3. The number of rotatable bonds is 3. The topological polar surface area (TPSA) is 66.4 Å². The molecule has 72 valence electrons. The molecule has 0 aliphatic carbocycles. The summed E-state index contributed by atoms with van der Waals surface area (Å²) in [7, 11) is 0. The van der Waals surface area contributed by atoms with Gasteiger partial charge in [0.25, 0.3) is 0 Å². The Morgan fingerprint density at radius 2 is 1.93 bits per heavy atom. The van der Waals surface area contributed by atoms with Crippen LogP contribution in [0.4, 0.5) is 5.69 Å². The Hall–Kier alpha value is -2.10. The highest BCUT2D eigenvalue weighted by molar-refractivity contribution is 6.01. The third-order valence-electron chi connectivity index (χ3n) is 1.46. The number of anilines is 1. The van der Waals surface area contributed by atoms with Crippen molar-refractivity contribution in [1.29, 1.82) is 0 Å². The molecule has 2 N–H and O–H groups in total. The minimum absolute atomic E-state index is 0.131. The normalized spacial score (nSPS) is 10.0. The Morgan fingerprint density at radius 1 is 1.29 bits per heavy atom. The van der Waals surface area contributed by atoms with E-state index in [2.05, 4.69) is 5.32 Å². The Bertz CT molecular complexity index is 354. The number of phenolic OH excluding ortho intramolecular Hbond substituents is 1. The summed E-state index contributed by atoms with van der Waals surface area (Å²) in [6.07, 6.45) is 2.76. The molecule has 0 aliphatic rings. The van der Waals surface area contributed by atoms with Gasteiger partial charge >= 0.3 is 0 Å². The SMILES string of the molecule is O=CC=CC(=O)Nc1ccc(O)cc1. The van der Waals surface area contributed by atoms with E-state index in [-0.39, 0.29) is 11.7 Å². The van der Waals surface area contributed by atoms with Crippen LogP contribution in [0, 0.1) is 0 Å². The van der Waals surface area contributed by atoms with E-state index in [1.165, 1.54) is 12.1 Å². The molecule has 1 amide bonds. The predicted octanol–water partition coefficient (Wildman–Crippen LogP) is 1.09. The van der Waals surface area contributed by atoms with Crippen LogP contribution in [0.15, 0.2) is 36.4 Å². The van der Waals surface area contributed by atoms with Gasteiger partial charge in [0.15, 0.2) is 0 Å². The summed E-state index contributed by atoms with van der Waals surface area (Å²) in [6, 6.07) is 6.03. The van der Waals surface area contributed by atoms with Gasteiger partial charge in [-0.05, 0) is 30.3 Å². The van der Waals surface area contributed by atoms with Gasteiger partial charge in [-0.15, -0.1) is 0 Å². The number of allylic oxidation sites excluding steroid dienone is 1. The summed E-state index contributed by atoms with van der Waals surface area (Å²) in [5, 5.41) is 11.5. The van der Waals surface area contributed by atoms with Crippen molar-refractivity contribution in [3.63, 3.8) is 0 Å². The molecule has 0 aromatic heterocycles. The van der Waals surface area contributed by atoms with E-state index >= 15 is 0 Å². The number of phenols is 1. The first-order chi connectivity index (χ1) is 6.72. The van der Waals surface area contributed by atoms with Gasteiger partial charge in [-0.2, -0.15) is 0 Å². The van der Waals surface area contributed by atoms with Gasteiger partial charge in [0.2, 0.25) is 5.91 Å². The zero-order valence-corrected chi connectivity index (χ0v) is 7.31. The molecule has 4 heteroatoms. The van der Waals surface area contributed by atoms with Crippen LogP contribution in [0.2, 0.25) is 0 Å². The first kappa shape index (κ1) is 9.98. The smallest absolute Gasteiger partial charge is 0.248 e. The first-order valence-corrected chi connectivity index (χ1v) is 3.94. The number of nitrogens with one attached hydrogen (secondary N) is 1. The predicted molar refractivity (Wildman–Crippen MR) is 51.9 cm³/mol. The zero-order valence-electron chi connectivity index (χ0n) is 7.31. The van der Waals surface area contributed by atoms with Crippen molar-refractivity contribution in [2.24, 2.45) is 0 Å². The first-order valence-electron chi connectivity index (χ1n) is 3.94. The highest BCUT2D eigenvalue weighted by Crippen LogP contribution is 2.13. The molecular weight excluding hydrogens is 182 g/mol. The molecule has 1 aromatic rings. The Morgan fingerprint density at radius 3 is 2.50 bits per heavy atom. The molecule has 0 saturated heterocycles. The monoisotopic (exact) mass is 191 g/mol. The maximum Gasteiger partial charge on any atom is 0.248 e. The van der Waals surface area contributed by atoms with E-state index in [4.69, 9.17) is 5.11 Å². The van der Waals surface area contributed by atoms with Crippen molar-refractivity contribution in [2.45, 2.75) is 0 Å². The summed E-state index contributed by atoms with van der Waals surface area (Å²) in [5.74, 6) is -0.255. The van der Waals surface area contributed by atoms with Gasteiger partial charge in [0.05, 0.1) is 0 Å². The van der Waals surface area contributed by atoms with Gasteiger partial charge in [0.1, 0.15) is 12.0 Å². The Balaban J connectivity index is 2.60. The molecule has 0 unspecified atom stereocenters. The summed E-state index contributed by atoms with van der Waals surface area (Å²) >= 11 is 0. The molecule has 0 radical (unpaired) electrons. The number of benzene rings is 1. The lowest BCUT2D eigenvalue weighted by molar-refractivity contribution is -0.112. The number of hydrogen-bond acceptors (Lipinski definition) is 3. The Kier molecular flexibility index (Phi) is 3.43. The van der Waals surface area contributed by atoms with E-state index in [1.54, 1.807) is 12.1 Å². The van der Waals surface area contributed by atoms with E-state index < -0.39 is 0 Å². The molecule has 0 saturated carbocycles. The van der Waals surface area contributed by atoms with E-state index in [9.17, 15) is 9.59 Å². The van der Waals surface area contributed by atoms with Gasteiger partial charge in [-0.25, -0.2) is 0 Å². The molecule has 0 heterocycles. The molecule has 0 fully saturated rings. The molecule has 0 bridgehead atoms. The average Bonchev–Trinajstić information content (AvgIpc) is 2.18. The molecule has 0 spiro atoms. The second-order valence-corrected chi connectivity index (χ2v) is 2.53. The van der Waals surface area contributed by atoms with Crippen molar-refractivity contribution >= 4 is 17.9 Å². The van der Waals surface area contributed by atoms with Crippen molar-refractivity contribution in [3.8, 4) is 5.75 Å². The van der Waals surface area contributed by atoms with Gasteiger partial charge in [0, 0.05) is 11.8 Å². The third-order valence-corrected chi connectivity index (χ3v) is 1.46. The van der Waals surface area contributed by atoms with Crippen LogP contribution in [0.1, 0.15) is 0 Å². The van der Waals surface area contributed by atoms with Crippen LogP contribution in [0.3, 0.4) is 0 Å². The number of hydrogen-bond donors (Lipinski definition) is 2. The number of carbonyl (C=O) groups is 2. The standard InChI is InChI=1S/C10H9NO3/c12-7-1-2-10(14)11-8-3-5-9(13)6-4-8/h1-7,13H,(H,11,14). The quantitative estimate of drug-likeness (QED) is 0.427. The van der Waals surface area contributed by atoms with E-state index in [0.29, 0.717) is 12.0 Å². The largest absolute Gasteiger partial charge is 0.508 e. The minimum atomic E-state index is -0.386. The number of aldehydes is 1. The van der Waals surface area contributed by atoms with Crippen molar-refractivity contribution in [2.75, 3.05) is 5.32 Å². The molecule has 1 aromatic carbocycles. The maximum atomic E-state index is 11.0. The summed E-state index contributed by atoms with van der Waals surface area (Å²) in [5.41, 5.74) is 0.559. The fourth-order valence-electron chi connectivity index (χ4n) is 0.855. The van der Waals surface area contributed by atoms with Gasteiger partial charge < -0.3 is 10.4 Å². The maximum absolute atomic E-state index is 11.0. The molecule has 14 heavy (non-hydrogen) atoms. The zero-order chi connectivity index (χ0) is 10.4. The van der Waals surface area contributed by atoms with Crippen LogP contribution in [0.5, 0.6) is 5.75 Å². The van der Waals surface area contributed by atoms with Crippen molar-refractivity contribution in [1.82, 2.24) is 0 Å². The lowest BCUT2D eigenvalue weighted by Gasteiger charge is -2.00. The van der Waals surface area contributed by atoms with Crippen molar-refractivity contribution in [3.05, 3.63) is 36.4 Å².